The zero-order chi connectivity index (χ0) is 13.8. The fourth-order valence-electron chi connectivity index (χ4n) is 0.950. The van der Waals surface area contributed by atoms with Crippen LogP contribution in [0.3, 0.4) is 0 Å². The van der Waals surface area contributed by atoms with Crippen molar-refractivity contribution in [2.24, 2.45) is 0 Å². The molecular formula is C9H7Cl5N2O2. The van der Waals surface area contributed by atoms with Crippen LogP contribution >= 0.6 is 58.0 Å². The Bertz CT molecular complexity index is 415. The van der Waals surface area contributed by atoms with Crippen LogP contribution in [0.4, 0.5) is 10.5 Å². The molecule has 0 unspecified atom stereocenters. The Morgan fingerprint density at radius 2 is 1.83 bits per heavy atom. The number of nitrogens with zero attached hydrogens (tertiary/aromatic N) is 1. The lowest BCUT2D eigenvalue weighted by atomic mass is 10.4. The second-order valence-electron chi connectivity index (χ2n) is 3.13. The summed E-state index contributed by atoms with van der Waals surface area (Å²) in [4.78, 5) is 15.1. The third-order valence-corrected chi connectivity index (χ3v) is 2.58. The number of hydrogen-bond acceptors (Lipinski definition) is 3. The van der Waals surface area contributed by atoms with Crippen LogP contribution < -0.4 is 5.32 Å². The van der Waals surface area contributed by atoms with Crippen molar-refractivity contribution in [2.75, 3.05) is 11.9 Å². The van der Waals surface area contributed by atoms with Crippen molar-refractivity contribution in [1.29, 1.82) is 0 Å². The largest absolute Gasteiger partial charge is 0.449 e. The molecule has 0 aliphatic rings. The van der Waals surface area contributed by atoms with Gasteiger partial charge in [0, 0.05) is 6.42 Å². The Hall–Kier alpha value is -0.130. The number of anilines is 1. The number of alkyl halides is 3. The van der Waals surface area contributed by atoms with Gasteiger partial charge in [-0.25, -0.2) is 9.78 Å². The van der Waals surface area contributed by atoms with Crippen LogP contribution in [0.5, 0.6) is 0 Å². The van der Waals surface area contributed by atoms with Gasteiger partial charge in [0.15, 0.2) is 3.79 Å². The van der Waals surface area contributed by atoms with Crippen molar-refractivity contribution in [3.8, 4) is 0 Å². The number of halogens is 5. The lowest BCUT2D eigenvalue weighted by molar-refractivity contribution is 0.160. The molecule has 9 heteroatoms. The minimum atomic E-state index is -1.45. The summed E-state index contributed by atoms with van der Waals surface area (Å²) in [5, 5.41) is 2.71. The maximum atomic E-state index is 11.4. The summed E-state index contributed by atoms with van der Waals surface area (Å²) in [5.74, 6) is 0. The van der Waals surface area contributed by atoms with Gasteiger partial charge in [0.2, 0.25) is 0 Å². The first kappa shape index (κ1) is 15.9. The number of pyridine rings is 1. The summed E-state index contributed by atoms with van der Waals surface area (Å²) in [6.07, 6.45) is -0.620. The maximum Gasteiger partial charge on any atom is 0.411 e. The molecule has 1 aromatic heterocycles. The van der Waals surface area contributed by atoms with E-state index in [2.05, 4.69) is 10.3 Å². The zero-order valence-corrected chi connectivity index (χ0v) is 12.5. The van der Waals surface area contributed by atoms with Crippen molar-refractivity contribution in [2.45, 2.75) is 10.2 Å². The van der Waals surface area contributed by atoms with E-state index in [1.165, 1.54) is 12.1 Å². The van der Waals surface area contributed by atoms with E-state index in [0.29, 0.717) is 5.69 Å². The third-order valence-electron chi connectivity index (χ3n) is 1.63. The minimum absolute atomic E-state index is 0.0329. The predicted octanol–water partition coefficient (Wildman–Crippen LogP) is 4.70. The molecule has 100 valence electrons. The topological polar surface area (TPSA) is 51.2 Å². The van der Waals surface area contributed by atoms with E-state index < -0.39 is 9.89 Å². The van der Waals surface area contributed by atoms with Gasteiger partial charge < -0.3 is 4.74 Å². The van der Waals surface area contributed by atoms with Crippen molar-refractivity contribution in [1.82, 2.24) is 4.98 Å². The monoisotopic (exact) mass is 350 g/mol. The summed E-state index contributed by atoms with van der Waals surface area (Å²) in [6.45, 7) is -0.0329. The third kappa shape index (κ3) is 6.71. The molecule has 0 spiro atoms. The number of carbonyl (C=O) groups is 1. The summed E-state index contributed by atoms with van der Waals surface area (Å²) in [7, 11) is 0. The van der Waals surface area contributed by atoms with Gasteiger partial charge in [0.05, 0.1) is 12.3 Å². The molecule has 0 atom stereocenters. The molecule has 0 radical (unpaired) electrons. The highest BCUT2D eigenvalue weighted by molar-refractivity contribution is 6.67. The van der Waals surface area contributed by atoms with Crippen molar-refractivity contribution in [3.05, 3.63) is 22.4 Å². The van der Waals surface area contributed by atoms with Gasteiger partial charge in [-0.2, -0.15) is 0 Å². The van der Waals surface area contributed by atoms with E-state index >= 15 is 0 Å². The Labute approximate surface area is 128 Å². The highest BCUT2D eigenvalue weighted by atomic mass is 35.6. The molecular weight excluding hydrogens is 345 g/mol. The molecule has 1 N–H and O–H groups in total. The average Bonchev–Trinajstić information content (AvgIpc) is 2.12. The lowest BCUT2D eigenvalue weighted by Crippen LogP contribution is -2.17. The van der Waals surface area contributed by atoms with E-state index in [0.717, 1.165) is 0 Å². The van der Waals surface area contributed by atoms with Gasteiger partial charge in [-0.15, -0.1) is 0 Å². The van der Waals surface area contributed by atoms with Gasteiger partial charge in [-0.1, -0.05) is 58.0 Å². The van der Waals surface area contributed by atoms with Crippen LogP contribution in [-0.4, -0.2) is 21.5 Å². The second-order valence-corrected chi connectivity index (χ2v) is 6.42. The van der Waals surface area contributed by atoms with Gasteiger partial charge in [0.25, 0.3) is 0 Å². The van der Waals surface area contributed by atoms with Crippen molar-refractivity contribution >= 4 is 69.8 Å². The molecule has 0 bridgehead atoms. The van der Waals surface area contributed by atoms with E-state index in [9.17, 15) is 4.79 Å². The molecule has 1 heterocycles. The number of rotatable bonds is 3. The van der Waals surface area contributed by atoms with Crippen LogP contribution in [0.1, 0.15) is 6.42 Å². The summed E-state index contributed by atoms with van der Waals surface area (Å²) >= 11 is 27.8. The smallest absolute Gasteiger partial charge is 0.411 e. The summed E-state index contributed by atoms with van der Waals surface area (Å²) < 4.78 is 3.34. The lowest BCUT2D eigenvalue weighted by Gasteiger charge is -2.11. The number of aromatic nitrogens is 1. The Balaban J connectivity index is 2.45. The highest BCUT2D eigenvalue weighted by Crippen LogP contribution is 2.29. The maximum absolute atomic E-state index is 11.4. The molecule has 0 aliphatic carbocycles. The fourth-order valence-corrected chi connectivity index (χ4v) is 1.64. The number of amides is 1. The molecule has 18 heavy (non-hydrogen) atoms. The van der Waals surface area contributed by atoms with E-state index in [1.54, 1.807) is 0 Å². The second kappa shape index (κ2) is 6.87. The van der Waals surface area contributed by atoms with Gasteiger partial charge in [-0.05, 0) is 12.1 Å². The number of hydrogen-bond donors (Lipinski definition) is 1. The van der Waals surface area contributed by atoms with Crippen LogP contribution in [0.2, 0.25) is 10.3 Å². The molecule has 0 fully saturated rings. The summed E-state index contributed by atoms with van der Waals surface area (Å²) in [6, 6.07) is 2.84. The van der Waals surface area contributed by atoms with Crippen LogP contribution in [-0.2, 0) is 4.74 Å². The number of nitrogens with one attached hydrogen (secondary N) is 1. The first-order valence-corrected chi connectivity index (χ1v) is 6.49. The molecule has 4 nitrogen and oxygen atoms in total. The van der Waals surface area contributed by atoms with Crippen LogP contribution in [0.15, 0.2) is 12.1 Å². The van der Waals surface area contributed by atoms with Gasteiger partial charge in [-0.3, -0.25) is 5.32 Å². The Morgan fingerprint density at radius 1 is 1.28 bits per heavy atom. The van der Waals surface area contributed by atoms with Crippen LogP contribution in [0, 0.1) is 0 Å². The van der Waals surface area contributed by atoms with E-state index in [4.69, 9.17) is 62.7 Å². The molecule has 0 aliphatic heterocycles. The number of ether oxygens (including phenoxy) is 1. The standard InChI is InChI=1S/C9H7Cl5N2O2/c10-6-3-5(4-7(11)16-6)15-8(17)18-2-1-9(12,13)14/h3-4H,1-2H2,(H,15,16,17). The molecule has 1 rings (SSSR count). The van der Waals surface area contributed by atoms with Crippen LogP contribution in [0.25, 0.3) is 0 Å². The molecule has 0 aromatic carbocycles. The average molecular weight is 352 g/mol. The SMILES string of the molecule is O=C(Nc1cc(Cl)nc(Cl)c1)OCCC(Cl)(Cl)Cl. The normalized spacial score (nSPS) is 11.2. The first-order valence-electron chi connectivity index (χ1n) is 4.60. The number of carbonyl (C=O) groups excluding carboxylic acids is 1. The molecule has 0 saturated carbocycles. The van der Waals surface area contributed by atoms with Gasteiger partial charge >= 0.3 is 6.09 Å². The fraction of sp³-hybridized carbons (Fsp3) is 0.333. The highest BCUT2D eigenvalue weighted by Gasteiger charge is 2.19. The molecule has 1 aromatic rings. The summed E-state index contributed by atoms with van der Waals surface area (Å²) in [5.41, 5.74) is 0.360. The minimum Gasteiger partial charge on any atom is -0.449 e. The van der Waals surface area contributed by atoms with E-state index in [1.807, 2.05) is 0 Å². The predicted molar refractivity (Wildman–Crippen MR) is 74.1 cm³/mol. The van der Waals surface area contributed by atoms with Gasteiger partial charge in [0.1, 0.15) is 10.3 Å². The van der Waals surface area contributed by atoms with Crippen molar-refractivity contribution in [3.63, 3.8) is 0 Å². The zero-order valence-electron chi connectivity index (χ0n) is 8.72. The first-order chi connectivity index (χ1) is 8.26. The Kier molecular flexibility index (Phi) is 6.08. The molecule has 0 saturated heterocycles. The Morgan fingerprint density at radius 3 is 2.33 bits per heavy atom. The van der Waals surface area contributed by atoms with Crippen molar-refractivity contribution < 1.29 is 9.53 Å². The quantitative estimate of drug-likeness (QED) is 0.634. The van der Waals surface area contributed by atoms with E-state index in [-0.39, 0.29) is 23.3 Å². The molecule has 1 amide bonds.